The van der Waals surface area contributed by atoms with Gasteiger partial charge in [-0.2, -0.15) is 0 Å². The predicted molar refractivity (Wildman–Crippen MR) is 179 cm³/mol. The molecule has 0 aliphatic heterocycles. The number of rotatable bonds is 4. The molecular formula is C41H33N. The second-order valence-electron chi connectivity index (χ2n) is 12.2. The lowest BCUT2D eigenvalue weighted by Crippen LogP contribution is -2.25. The van der Waals surface area contributed by atoms with Crippen LogP contribution in [0.3, 0.4) is 0 Å². The molecule has 0 atom stereocenters. The van der Waals surface area contributed by atoms with Crippen LogP contribution in [0, 0.1) is 0 Å². The number of allylic oxidation sites excluding steroid dienone is 1. The smallest absolute Gasteiger partial charge is 0.0431 e. The Morgan fingerprint density at radius 2 is 1.43 bits per heavy atom. The molecule has 2 aliphatic carbocycles. The highest BCUT2D eigenvalue weighted by Crippen LogP contribution is 2.54. The van der Waals surface area contributed by atoms with Crippen LogP contribution in [0.15, 0.2) is 127 Å². The van der Waals surface area contributed by atoms with E-state index in [1.165, 1.54) is 66.4 Å². The molecule has 0 heterocycles. The minimum atomic E-state index is -0.174. The zero-order valence-electron chi connectivity index (χ0n) is 24.1. The summed E-state index contributed by atoms with van der Waals surface area (Å²) in [4.78, 5) is 0. The van der Waals surface area contributed by atoms with Crippen molar-refractivity contribution in [1.29, 1.82) is 0 Å². The molecule has 0 amide bonds. The third-order valence-corrected chi connectivity index (χ3v) is 9.28. The molecule has 6 aromatic carbocycles. The Bertz CT molecular complexity index is 2010. The van der Waals surface area contributed by atoms with Gasteiger partial charge in [0.2, 0.25) is 0 Å². The lowest BCUT2D eigenvalue weighted by atomic mass is 9.66. The number of anilines is 2. The topological polar surface area (TPSA) is 12.0 Å². The van der Waals surface area contributed by atoms with E-state index in [0.717, 1.165) is 24.2 Å². The minimum absolute atomic E-state index is 0.174. The number of hydrogen-bond acceptors (Lipinski definition) is 1. The summed E-state index contributed by atoms with van der Waals surface area (Å²) in [5, 5.41) is 6.50. The fourth-order valence-electron chi connectivity index (χ4n) is 7.22. The van der Waals surface area contributed by atoms with E-state index in [9.17, 15) is 0 Å². The van der Waals surface area contributed by atoms with Gasteiger partial charge in [0.15, 0.2) is 0 Å². The van der Waals surface area contributed by atoms with E-state index in [2.05, 4.69) is 153 Å². The molecule has 0 bridgehead atoms. The average molecular weight is 540 g/mol. The van der Waals surface area contributed by atoms with Crippen molar-refractivity contribution in [3.05, 3.63) is 150 Å². The molecule has 0 saturated carbocycles. The van der Waals surface area contributed by atoms with E-state index < -0.39 is 0 Å². The third-order valence-electron chi connectivity index (χ3n) is 9.28. The molecule has 0 unspecified atom stereocenters. The highest BCUT2D eigenvalue weighted by Gasteiger charge is 2.36. The van der Waals surface area contributed by atoms with Gasteiger partial charge in [0, 0.05) is 16.8 Å². The van der Waals surface area contributed by atoms with E-state index >= 15 is 0 Å². The van der Waals surface area contributed by atoms with Crippen LogP contribution in [0.2, 0.25) is 0 Å². The van der Waals surface area contributed by atoms with Gasteiger partial charge in [-0.05, 0) is 104 Å². The van der Waals surface area contributed by atoms with Crippen molar-refractivity contribution in [2.45, 2.75) is 32.1 Å². The molecule has 0 radical (unpaired) electrons. The highest BCUT2D eigenvalue weighted by atomic mass is 14.9. The SMILES string of the molecule is CC1(C)c2c(Nc3ccc(-c4ccccc4)cc3)cccc2-c2c(-c3ccc4c(c3)C=CCC4)ccc3cccc1c23. The summed E-state index contributed by atoms with van der Waals surface area (Å²) in [6.07, 6.45) is 6.85. The molecular weight excluding hydrogens is 506 g/mol. The van der Waals surface area contributed by atoms with Gasteiger partial charge in [-0.1, -0.05) is 123 Å². The first kappa shape index (κ1) is 24.9. The molecule has 1 N–H and O–H groups in total. The van der Waals surface area contributed by atoms with E-state index in [4.69, 9.17) is 0 Å². The Morgan fingerprint density at radius 1 is 0.643 bits per heavy atom. The quantitative estimate of drug-likeness (QED) is 0.235. The van der Waals surface area contributed by atoms with Gasteiger partial charge in [0.1, 0.15) is 0 Å². The van der Waals surface area contributed by atoms with Gasteiger partial charge in [-0.25, -0.2) is 0 Å². The molecule has 8 rings (SSSR count). The van der Waals surface area contributed by atoms with E-state index in [1.807, 2.05) is 0 Å². The summed E-state index contributed by atoms with van der Waals surface area (Å²) in [6.45, 7) is 4.76. The first-order valence-corrected chi connectivity index (χ1v) is 15.0. The number of aryl methyl sites for hydroxylation is 1. The summed E-state index contributed by atoms with van der Waals surface area (Å²) >= 11 is 0. The summed E-state index contributed by atoms with van der Waals surface area (Å²) in [5.41, 5.74) is 15.3. The largest absolute Gasteiger partial charge is 0.355 e. The van der Waals surface area contributed by atoms with Crippen LogP contribution in [-0.4, -0.2) is 0 Å². The maximum atomic E-state index is 3.82. The summed E-state index contributed by atoms with van der Waals surface area (Å²) in [6, 6.07) is 44.6. The molecule has 1 heteroatoms. The van der Waals surface area contributed by atoms with Gasteiger partial charge < -0.3 is 5.32 Å². The van der Waals surface area contributed by atoms with Gasteiger partial charge in [0.25, 0.3) is 0 Å². The zero-order chi connectivity index (χ0) is 28.3. The third kappa shape index (κ3) is 3.92. The van der Waals surface area contributed by atoms with Crippen molar-refractivity contribution >= 4 is 28.2 Å². The number of nitrogens with one attached hydrogen (secondary N) is 1. The van der Waals surface area contributed by atoms with Crippen LogP contribution in [0.4, 0.5) is 11.4 Å². The second-order valence-corrected chi connectivity index (χ2v) is 12.2. The fraction of sp³-hybridized carbons (Fsp3) is 0.122. The maximum Gasteiger partial charge on any atom is 0.0431 e. The van der Waals surface area contributed by atoms with Crippen LogP contribution < -0.4 is 5.32 Å². The van der Waals surface area contributed by atoms with Crippen molar-refractivity contribution in [2.75, 3.05) is 5.32 Å². The Hall–Kier alpha value is -4.88. The Labute approximate surface area is 248 Å². The molecule has 202 valence electrons. The van der Waals surface area contributed by atoms with Crippen molar-refractivity contribution in [2.24, 2.45) is 0 Å². The lowest BCUT2D eigenvalue weighted by Gasteiger charge is -2.37. The first-order chi connectivity index (χ1) is 20.6. The second kappa shape index (κ2) is 9.60. The molecule has 0 fully saturated rings. The number of fused-ring (bicyclic) bond motifs is 3. The predicted octanol–water partition coefficient (Wildman–Crippen LogP) is 11.2. The van der Waals surface area contributed by atoms with Gasteiger partial charge in [-0.15, -0.1) is 0 Å². The Morgan fingerprint density at radius 3 is 2.29 bits per heavy atom. The molecule has 0 aromatic heterocycles. The Kier molecular flexibility index (Phi) is 5.69. The Balaban J connectivity index is 1.30. The normalized spacial score (nSPS) is 14.3. The first-order valence-electron chi connectivity index (χ1n) is 15.0. The van der Waals surface area contributed by atoms with E-state index in [1.54, 1.807) is 0 Å². The highest BCUT2D eigenvalue weighted by molar-refractivity contribution is 6.10. The molecule has 2 aliphatic rings. The number of hydrogen-bond donors (Lipinski definition) is 1. The monoisotopic (exact) mass is 539 g/mol. The van der Waals surface area contributed by atoms with Gasteiger partial charge in [0.05, 0.1) is 0 Å². The molecule has 42 heavy (non-hydrogen) atoms. The van der Waals surface area contributed by atoms with Crippen LogP contribution in [0.5, 0.6) is 0 Å². The molecule has 1 nitrogen and oxygen atoms in total. The van der Waals surface area contributed by atoms with Crippen LogP contribution >= 0.6 is 0 Å². The van der Waals surface area contributed by atoms with Gasteiger partial charge >= 0.3 is 0 Å². The molecule has 0 spiro atoms. The van der Waals surface area contributed by atoms with E-state index in [0.29, 0.717) is 0 Å². The number of benzene rings is 6. The summed E-state index contributed by atoms with van der Waals surface area (Å²) in [7, 11) is 0. The standard InChI is InChI=1S/C41H33N/c1-41(2)36-16-8-14-30-22-25-34(32-19-18-28-12-6-7-13-31(28)26-32)39(38(30)36)35-15-9-17-37(40(35)41)42-33-23-20-29(21-24-33)27-10-4-3-5-11-27/h3-5,7-11,13-26,42H,6,12H2,1-2H3. The van der Waals surface area contributed by atoms with Crippen LogP contribution in [-0.2, 0) is 11.8 Å². The molecule has 6 aromatic rings. The lowest BCUT2D eigenvalue weighted by molar-refractivity contribution is 0.647. The zero-order valence-corrected chi connectivity index (χ0v) is 24.1. The van der Waals surface area contributed by atoms with Crippen molar-refractivity contribution in [3.63, 3.8) is 0 Å². The van der Waals surface area contributed by atoms with Crippen molar-refractivity contribution in [3.8, 4) is 33.4 Å². The van der Waals surface area contributed by atoms with Gasteiger partial charge in [-0.3, -0.25) is 0 Å². The van der Waals surface area contributed by atoms with E-state index in [-0.39, 0.29) is 5.41 Å². The average Bonchev–Trinajstić information content (AvgIpc) is 3.04. The fourth-order valence-corrected chi connectivity index (χ4v) is 7.22. The van der Waals surface area contributed by atoms with Crippen LogP contribution in [0.25, 0.3) is 50.2 Å². The maximum absolute atomic E-state index is 3.82. The van der Waals surface area contributed by atoms with Crippen LogP contribution in [0.1, 0.15) is 42.5 Å². The summed E-state index contributed by atoms with van der Waals surface area (Å²) < 4.78 is 0. The molecule has 0 saturated heterocycles. The van der Waals surface area contributed by atoms with Crippen molar-refractivity contribution in [1.82, 2.24) is 0 Å². The van der Waals surface area contributed by atoms with Crippen molar-refractivity contribution < 1.29 is 0 Å². The summed E-state index contributed by atoms with van der Waals surface area (Å²) in [5.74, 6) is 0. The minimum Gasteiger partial charge on any atom is -0.355 e.